The van der Waals surface area contributed by atoms with Crippen LogP contribution in [-0.2, 0) is 11.3 Å². The zero-order chi connectivity index (χ0) is 13.7. The summed E-state index contributed by atoms with van der Waals surface area (Å²) in [6.07, 6.45) is 0. The number of alkyl halides is 2. The molecule has 0 radical (unpaired) electrons. The molecule has 1 rings (SSSR count). The van der Waals surface area contributed by atoms with Gasteiger partial charge in [-0.2, -0.15) is 8.78 Å². The predicted octanol–water partition coefficient (Wildman–Crippen LogP) is 0.177. The van der Waals surface area contributed by atoms with Gasteiger partial charge in [-0.25, -0.2) is 0 Å². The van der Waals surface area contributed by atoms with Gasteiger partial charge in [-0.05, 0) is 31.2 Å². The molecule has 100 valence electrons. The van der Waals surface area contributed by atoms with Crippen molar-refractivity contribution in [3.63, 3.8) is 0 Å². The van der Waals surface area contributed by atoms with Crippen LogP contribution < -0.4 is 15.4 Å². The molecule has 0 fully saturated rings. The molecular formula is C12H17F2N2O2+. The van der Waals surface area contributed by atoms with E-state index >= 15 is 0 Å². The maximum atomic E-state index is 11.9. The number of primary amides is 1. The first-order chi connectivity index (χ1) is 8.40. The summed E-state index contributed by atoms with van der Waals surface area (Å²) in [6.45, 7) is -0.496. The Hall–Kier alpha value is -1.69. The van der Waals surface area contributed by atoms with Gasteiger partial charge in [0.15, 0.2) is 6.04 Å². The molecule has 4 nitrogen and oxygen atoms in total. The highest BCUT2D eigenvalue weighted by molar-refractivity contribution is 5.77. The first-order valence-electron chi connectivity index (χ1n) is 5.55. The number of hydrogen-bond donors (Lipinski definition) is 2. The van der Waals surface area contributed by atoms with Gasteiger partial charge in [0.2, 0.25) is 0 Å². The average molecular weight is 259 g/mol. The lowest BCUT2D eigenvalue weighted by Gasteiger charge is -2.19. The number of carbonyl (C=O) groups excluding carboxylic acids is 1. The second kappa shape index (κ2) is 6.30. The second-order valence-electron chi connectivity index (χ2n) is 4.17. The van der Waals surface area contributed by atoms with Crippen LogP contribution in [0.5, 0.6) is 5.75 Å². The van der Waals surface area contributed by atoms with Crippen LogP contribution in [0.2, 0.25) is 0 Å². The van der Waals surface area contributed by atoms with Crippen molar-refractivity contribution in [2.24, 2.45) is 5.73 Å². The topological polar surface area (TPSA) is 56.8 Å². The lowest BCUT2D eigenvalue weighted by Crippen LogP contribution is -3.12. The summed E-state index contributed by atoms with van der Waals surface area (Å²) in [5, 5.41) is 0. The Bertz CT molecular complexity index is 396. The minimum absolute atomic E-state index is 0.120. The van der Waals surface area contributed by atoms with Gasteiger partial charge in [-0.3, -0.25) is 4.79 Å². The number of hydrogen-bond acceptors (Lipinski definition) is 2. The quantitative estimate of drug-likeness (QED) is 0.765. The third kappa shape index (κ3) is 4.29. The maximum absolute atomic E-state index is 11.9. The van der Waals surface area contributed by atoms with E-state index in [0.29, 0.717) is 6.54 Å². The van der Waals surface area contributed by atoms with E-state index in [1.165, 1.54) is 12.1 Å². The lowest BCUT2D eigenvalue weighted by molar-refractivity contribution is -0.908. The Kier molecular flexibility index (Phi) is 5.03. The Labute approximate surface area is 104 Å². The fourth-order valence-corrected chi connectivity index (χ4v) is 1.51. The van der Waals surface area contributed by atoms with Crippen molar-refractivity contribution >= 4 is 5.91 Å². The fraction of sp³-hybridized carbons (Fsp3) is 0.417. The number of carbonyl (C=O) groups is 1. The number of ether oxygens (including phenoxy) is 1. The molecule has 0 aliphatic heterocycles. The van der Waals surface area contributed by atoms with Crippen molar-refractivity contribution in [3.05, 3.63) is 29.8 Å². The van der Waals surface area contributed by atoms with Crippen molar-refractivity contribution in [3.8, 4) is 5.75 Å². The van der Waals surface area contributed by atoms with E-state index < -0.39 is 6.61 Å². The SMILES string of the molecule is C[C@@H](C(N)=O)[NH+](C)Cc1ccc(OC(F)F)cc1. The summed E-state index contributed by atoms with van der Waals surface area (Å²) in [6, 6.07) is 6.03. The van der Waals surface area contributed by atoms with E-state index in [1.54, 1.807) is 19.1 Å². The minimum atomic E-state index is -2.82. The van der Waals surface area contributed by atoms with Crippen LogP contribution in [0.4, 0.5) is 8.78 Å². The van der Waals surface area contributed by atoms with E-state index in [0.717, 1.165) is 10.5 Å². The zero-order valence-corrected chi connectivity index (χ0v) is 10.3. The van der Waals surface area contributed by atoms with Gasteiger partial charge in [0, 0.05) is 5.56 Å². The van der Waals surface area contributed by atoms with Crippen LogP contribution in [0.25, 0.3) is 0 Å². The molecule has 0 saturated heterocycles. The summed E-state index contributed by atoms with van der Waals surface area (Å²) in [5.74, 6) is -0.250. The van der Waals surface area contributed by atoms with Gasteiger partial charge in [-0.15, -0.1) is 0 Å². The second-order valence-corrected chi connectivity index (χ2v) is 4.17. The highest BCUT2D eigenvalue weighted by Crippen LogP contribution is 2.14. The zero-order valence-electron chi connectivity index (χ0n) is 10.3. The van der Waals surface area contributed by atoms with Crippen molar-refractivity contribution < 1.29 is 23.2 Å². The molecule has 3 N–H and O–H groups in total. The maximum Gasteiger partial charge on any atom is 0.387 e. The number of likely N-dealkylation sites (N-methyl/N-ethyl adjacent to an activating group) is 1. The molecule has 0 spiro atoms. The summed E-state index contributed by atoms with van der Waals surface area (Å²) in [7, 11) is 1.85. The van der Waals surface area contributed by atoms with E-state index in [9.17, 15) is 13.6 Å². The molecule has 2 atom stereocenters. The van der Waals surface area contributed by atoms with Gasteiger partial charge in [0.25, 0.3) is 5.91 Å². The van der Waals surface area contributed by atoms with E-state index in [4.69, 9.17) is 5.73 Å². The molecule has 1 aromatic carbocycles. The number of quaternary nitrogens is 1. The summed E-state index contributed by atoms with van der Waals surface area (Å²) in [4.78, 5) is 11.9. The third-order valence-electron chi connectivity index (χ3n) is 2.80. The van der Waals surface area contributed by atoms with Crippen molar-refractivity contribution in [1.29, 1.82) is 0 Å². The molecule has 1 unspecified atom stereocenters. The minimum Gasteiger partial charge on any atom is -0.435 e. The van der Waals surface area contributed by atoms with Gasteiger partial charge < -0.3 is 15.4 Å². The normalized spacial score (nSPS) is 14.3. The van der Waals surface area contributed by atoms with Crippen LogP contribution in [-0.4, -0.2) is 25.6 Å². The highest BCUT2D eigenvalue weighted by atomic mass is 19.3. The smallest absolute Gasteiger partial charge is 0.387 e. The lowest BCUT2D eigenvalue weighted by atomic mass is 10.2. The predicted molar refractivity (Wildman–Crippen MR) is 62.3 cm³/mol. The molecule has 0 aliphatic carbocycles. The van der Waals surface area contributed by atoms with Crippen LogP contribution in [0.15, 0.2) is 24.3 Å². The van der Waals surface area contributed by atoms with Crippen molar-refractivity contribution in [1.82, 2.24) is 0 Å². The number of halogens is 2. The Balaban J connectivity index is 2.60. The molecular weight excluding hydrogens is 242 g/mol. The fourth-order valence-electron chi connectivity index (χ4n) is 1.51. The third-order valence-corrected chi connectivity index (χ3v) is 2.80. The Morgan fingerprint density at radius 2 is 1.94 bits per heavy atom. The first-order valence-corrected chi connectivity index (χ1v) is 5.55. The van der Waals surface area contributed by atoms with Gasteiger partial charge in [0.05, 0.1) is 7.05 Å². The molecule has 1 amide bonds. The first kappa shape index (κ1) is 14.4. The molecule has 0 aromatic heterocycles. The largest absolute Gasteiger partial charge is 0.435 e. The summed E-state index contributed by atoms with van der Waals surface area (Å²) in [5.41, 5.74) is 6.13. The number of nitrogens with two attached hydrogens (primary N) is 1. The number of amides is 1. The van der Waals surface area contributed by atoms with E-state index in [1.807, 2.05) is 7.05 Å². The van der Waals surface area contributed by atoms with E-state index in [-0.39, 0.29) is 17.7 Å². The van der Waals surface area contributed by atoms with Crippen LogP contribution >= 0.6 is 0 Å². The van der Waals surface area contributed by atoms with Crippen molar-refractivity contribution in [2.75, 3.05) is 7.05 Å². The number of nitrogens with one attached hydrogen (secondary N) is 1. The van der Waals surface area contributed by atoms with Gasteiger partial charge >= 0.3 is 6.61 Å². The number of rotatable bonds is 6. The van der Waals surface area contributed by atoms with Gasteiger partial charge in [-0.1, -0.05) is 0 Å². The molecule has 6 heteroatoms. The van der Waals surface area contributed by atoms with Crippen LogP contribution in [0.1, 0.15) is 12.5 Å². The van der Waals surface area contributed by atoms with Crippen LogP contribution in [0, 0.1) is 0 Å². The summed E-state index contributed by atoms with van der Waals surface area (Å²) >= 11 is 0. The molecule has 0 heterocycles. The monoisotopic (exact) mass is 259 g/mol. The average Bonchev–Trinajstić information content (AvgIpc) is 2.29. The summed E-state index contributed by atoms with van der Waals surface area (Å²) < 4.78 is 28.1. The van der Waals surface area contributed by atoms with E-state index in [2.05, 4.69) is 4.74 Å². The Morgan fingerprint density at radius 1 is 1.39 bits per heavy atom. The molecule has 0 aliphatic rings. The highest BCUT2D eigenvalue weighted by Gasteiger charge is 2.18. The standard InChI is InChI=1S/C12H16F2N2O2/c1-8(11(15)17)16(2)7-9-3-5-10(6-4-9)18-12(13)14/h3-6,8,12H,7H2,1-2H3,(H2,15,17)/p+1/t8-/m0/s1. The molecule has 0 bridgehead atoms. The Morgan fingerprint density at radius 3 is 2.39 bits per heavy atom. The molecule has 1 aromatic rings. The van der Waals surface area contributed by atoms with Crippen LogP contribution in [0.3, 0.4) is 0 Å². The molecule has 0 saturated carbocycles. The molecule has 18 heavy (non-hydrogen) atoms. The van der Waals surface area contributed by atoms with Gasteiger partial charge in [0.1, 0.15) is 12.3 Å². The van der Waals surface area contributed by atoms with Crippen molar-refractivity contribution in [2.45, 2.75) is 26.1 Å². The number of benzene rings is 1.